The zero-order valence-corrected chi connectivity index (χ0v) is 22.5. The number of aromatic nitrogens is 2. The number of nitrogens with zero attached hydrogens (tertiary/aromatic N) is 2. The molecule has 0 spiro atoms. The number of hydrogen-bond acceptors (Lipinski definition) is 9. The molecule has 1 amide bonds. The lowest BCUT2D eigenvalue weighted by Crippen LogP contribution is -2.12. The predicted octanol–water partition coefficient (Wildman–Crippen LogP) is 4.63. The van der Waals surface area contributed by atoms with E-state index in [0.717, 1.165) is 26.4 Å². The number of methoxy groups -OCH3 is 2. The number of carbonyl (C=O) groups excluding carboxylic acids is 2. The van der Waals surface area contributed by atoms with Gasteiger partial charge in [-0.1, -0.05) is 6.58 Å². The average Bonchev–Trinajstić information content (AvgIpc) is 3.27. The Morgan fingerprint density at radius 2 is 1.75 bits per heavy atom. The molecule has 3 aromatic heterocycles. The van der Waals surface area contributed by atoms with Crippen LogP contribution in [0.1, 0.15) is 21.7 Å². The summed E-state index contributed by atoms with van der Waals surface area (Å²) in [5.41, 5.74) is 0.473. The zero-order chi connectivity index (χ0) is 29.1. The summed E-state index contributed by atoms with van der Waals surface area (Å²) in [6.45, 7) is 5.19. The average molecular weight is 572 g/mol. The van der Waals surface area contributed by atoms with E-state index in [9.17, 15) is 13.8 Å². The van der Waals surface area contributed by atoms with E-state index < -0.39 is 57.1 Å². The number of anilines is 4. The van der Waals surface area contributed by atoms with Gasteiger partial charge < -0.3 is 29.2 Å². The molecule has 0 saturated heterocycles. The van der Waals surface area contributed by atoms with Gasteiger partial charge in [0, 0.05) is 18.5 Å². The van der Waals surface area contributed by atoms with Crippen molar-refractivity contribution in [2.75, 3.05) is 35.8 Å². The normalized spacial score (nSPS) is 11.6. The Bertz CT molecular complexity index is 1660. The fourth-order valence-corrected chi connectivity index (χ4v) is 4.30. The maximum atomic E-state index is 15.1. The number of nitrogens with one attached hydrogen (secondary N) is 3. The van der Waals surface area contributed by atoms with E-state index in [2.05, 4.69) is 31.9 Å². The smallest absolute Gasteiger partial charge is 0.247 e. The lowest BCUT2D eigenvalue weighted by molar-refractivity contribution is -0.111. The molecule has 3 heterocycles. The van der Waals surface area contributed by atoms with Gasteiger partial charge in [-0.25, -0.2) is 18.0 Å². The van der Waals surface area contributed by atoms with Crippen molar-refractivity contribution in [3.8, 4) is 11.5 Å². The van der Waals surface area contributed by atoms with Crippen LogP contribution in [-0.2, 0) is 15.8 Å². The number of carbonyl (C=O) groups is 2. The fourth-order valence-electron chi connectivity index (χ4n) is 3.81. The quantitative estimate of drug-likeness (QED) is 0.183. The highest BCUT2D eigenvalue weighted by atomic mass is 32.2. The van der Waals surface area contributed by atoms with Gasteiger partial charge in [0.15, 0.2) is 34.5 Å². The van der Waals surface area contributed by atoms with Crippen LogP contribution in [-0.4, -0.2) is 46.3 Å². The predicted molar refractivity (Wildman–Crippen MR) is 146 cm³/mol. The van der Waals surface area contributed by atoms with Crippen LogP contribution in [0, 0.1) is 18.6 Å². The zero-order valence-electron chi connectivity index (χ0n) is 21.7. The highest BCUT2D eigenvalue weighted by Gasteiger charge is 2.31. The summed E-state index contributed by atoms with van der Waals surface area (Å²) in [5.74, 6) is -5.31. The topological polar surface area (TPSA) is 145 Å². The SMILES string of the molecule is C=CC(=O)Nc1cncc(C)c1Nc1cc2c(NS(C)=O)c(C(=O)c3c(F)c(OC)cc(OC)c3F)oc2cn1. The number of pyridine rings is 2. The van der Waals surface area contributed by atoms with Crippen molar-refractivity contribution in [1.29, 1.82) is 0 Å². The van der Waals surface area contributed by atoms with Gasteiger partial charge in [-0.2, -0.15) is 0 Å². The van der Waals surface area contributed by atoms with Crippen molar-refractivity contribution in [2.24, 2.45) is 0 Å². The number of ketones is 1. The van der Waals surface area contributed by atoms with Crippen LogP contribution in [0.15, 0.2) is 47.8 Å². The summed E-state index contributed by atoms with van der Waals surface area (Å²) in [6.07, 6.45) is 6.68. The largest absolute Gasteiger partial charge is 0.494 e. The summed E-state index contributed by atoms with van der Waals surface area (Å²) in [5, 5.41) is 5.96. The standard InChI is InChI=1S/C26H23F2N5O6S/c1-6-19(34)31-14-10-29-9-12(2)23(14)32-18-7-13-17(11-30-18)39-26(24(13)33-40(5)36)25(35)20-21(27)15(37-3)8-16(38-4)22(20)28/h6-11,33H,1H2,2-5H3,(H,31,34)(H,29,30,32). The van der Waals surface area contributed by atoms with Gasteiger partial charge in [-0.3, -0.25) is 14.6 Å². The van der Waals surface area contributed by atoms with E-state index in [-0.39, 0.29) is 22.5 Å². The number of benzene rings is 1. The maximum absolute atomic E-state index is 15.1. The van der Waals surface area contributed by atoms with Gasteiger partial charge in [-0.05, 0) is 24.6 Å². The lowest BCUT2D eigenvalue weighted by atomic mass is 10.0. The first-order valence-electron chi connectivity index (χ1n) is 11.4. The molecule has 0 aliphatic carbocycles. The number of furan rings is 1. The van der Waals surface area contributed by atoms with Crippen LogP contribution < -0.4 is 24.8 Å². The summed E-state index contributed by atoms with van der Waals surface area (Å²) < 4.78 is 60.5. The molecule has 0 aliphatic rings. The minimum atomic E-state index is -1.72. The fraction of sp³-hybridized carbons (Fsp3) is 0.154. The van der Waals surface area contributed by atoms with Crippen LogP contribution in [0.3, 0.4) is 0 Å². The molecule has 40 heavy (non-hydrogen) atoms. The molecule has 1 atom stereocenters. The monoisotopic (exact) mass is 571 g/mol. The highest BCUT2D eigenvalue weighted by Crippen LogP contribution is 2.38. The number of rotatable bonds is 10. The molecule has 0 fully saturated rings. The molecular formula is C26H23F2N5O6S. The molecule has 1 unspecified atom stereocenters. The van der Waals surface area contributed by atoms with Crippen molar-refractivity contribution >= 4 is 56.5 Å². The third-order valence-electron chi connectivity index (χ3n) is 5.66. The summed E-state index contributed by atoms with van der Waals surface area (Å²) in [4.78, 5) is 33.7. The van der Waals surface area contributed by atoms with E-state index in [1.54, 1.807) is 13.1 Å². The molecule has 0 bridgehead atoms. The van der Waals surface area contributed by atoms with Crippen LogP contribution >= 0.6 is 0 Å². The van der Waals surface area contributed by atoms with Crippen molar-refractivity contribution < 1.29 is 36.5 Å². The Balaban J connectivity index is 1.85. The number of ether oxygens (including phenoxy) is 2. The van der Waals surface area contributed by atoms with Crippen molar-refractivity contribution in [3.05, 3.63) is 71.9 Å². The molecule has 4 rings (SSSR count). The molecule has 1 aromatic carbocycles. The molecule has 4 aromatic rings. The number of hydrogen-bond donors (Lipinski definition) is 3. The van der Waals surface area contributed by atoms with Crippen molar-refractivity contribution in [2.45, 2.75) is 6.92 Å². The van der Waals surface area contributed by atoms with Gasteiger partial charge in [0.05, 0.1) is 43.4 Å². The minimum absolute atomic E-state index is 0.0594. The summed E-state index contributed by atoms with van der Waals surface area (Å²) in [6, 6.07) is 2.44. The summed E-state index contributed by atoms with van der Waals surface area (Å²) >= 11 is 0. The van der Waals surface area contributed by atoms with Crippen LogP contribution in [0.2, 0.25) is 0 Å². The van der Waals surface area contributed by atoms with Crippen LogP contribution in [0.4, 0.5) is 31.7 Å². The van der Waals surface area contributed by atoms with Crippen LogP contribution in [0.5, 0.6) is 11.5 Å². The minimum Gasteiger partial charge on any atom is -0.494 e. The molecule has 11 nitrogen and oxygen atoms in total. The molecule has 14 heteroatoms. The van der Waals surface area contributed by atoms with E-state index in [4.69, 9.17) is 13.9 Å². The maximum Gasteiger partial charge on any atom is 0.247 e. The van der Waals surface area contributed by atoms with Gasteiger partial charge in [0.1, 0.15) is 28.1 Å². The van der Waals surface area contributed by atoms with Gasteiger partial charge in [-0.15, -0.1) is 0 Å². The Morgan fingerprint density at radius 1 is 1.07 bits per heavy atom. The second-order valence-electron chi connectivity index (χ2n) is 8.24. The van der Waals surface area contributed by atoms with Crippen LogP contribution in [0.25, 0.3) is 11.0 Å². The molecule has 3 N–H and O–H groups in total. The second-order valence-corrected chi connectivity index (χ2v) is 9.35. The first kappa shape index (κ1) is 28.2. The van der Waals surface area contributed by atoms with Crippen molar-refractivity contribution in [3.63, 3.8) is 0 Å². The number of aryl methyl sites for hydroxylation is 1. The second kappa shape index (κ2) is 11.5. The third kappa shape index (κ3) is 5.33. The number of fused-ring (bicyclic) bond motifs is 1. The molecule has 0 radical (unpaired) electrons. The highest BCUT2D eigenvalue weighted by molar-refractivity contribution is 7.85. The van der Waals surface area contributed by atoms with Crippen molar-refractivity contribution in [1.82, 2.24) is 9.97 Å². The van der Waals surface area contributed by atoms with E-state index in [1.807, 2.05) is 0 Å². The molecule has 208 valence electrons. The Labute approximate surface area is 229 Å². The van der Waals surface area contributed by atoms with Gasteiger partial charge in [0.25, 0.3) is 0 Å². The Morgan fingerprint density at radius 3 is 2.35 bits per heavy atom. The van der Waals surface area contributed by atoms with E-state index in [1.165, 1.54) is 24.7 Å². The first-order valence-corrected chi connectivity index (χ1v) is 13.0. The van der Waals surface area contributed by atoms with Gasteiger partial charge >= 0.3 is 0 Å². The Kier molecular flexibility index (Phi) is 8.09. The Hall–Kier alpha value is -4.85. The first-order chi connectivity index (χ1) is 19.1. The van der Waals surface area contributed by atoms with E-state index in [0.29, 0.717) is 16.9 Å². The third-order valence-corrected chi connectivity index (χ3v) is 6.15. The van der Waals surface area contributed by atoms with Gasteiger partial charge in [0.2, 0.25) is 11.7 Å². The lowest BCUT2D eigenvalue weighted by Gasteiger charge is -2.14. The molecule has 0 aliphatic heterocycles. The number of amides is 1. The number of halogens is 2. The molecule has 0 saturated carbocycles. The summed E-state index contributed by atoms with van der Waals surface area (Å²) in [7, 11) is 0.579. The van der Waals surface area contributed by atoms with E-state index >= 15 is 8.78 Å². The molecular weight excluding hydrogens is 548 g/mol.